The molecule has 1 aliphatic heterocycles. The van der Waals surface area contributed by atoms with Gasteiger partial charge in [0, 0.05) is 6.54 Å². The van der Waals surface area contributed by atoms with Gasteiger partial charge in [0.15, 0.2) is 23.2 Å². The van der Waals surface area contributed by atoms with E-state index < -0.39 is 24.5 Å². The van der Waals surface area contributed by atoms with E-state index in [1.165, 1.54) is 6.33 Å². The molecule has 1 saturated heterocycles. The molecule has 9 heteroatoms. The lowest BCUT2D eigenvalue weighted by Gasteiger charge is -2.16. The molecule has 3 aromatic rings. The van der Waals surface area contributed by atoms with E-state index in [0.717, 1.165) is 5.56 Å². The van der Waals surface area contributed by atoms with Gasteiger partial charge in [0.05, 0.1) is 12.9 Å². The monoisotopic (exact) mass is 371 g/mol. The number of aliphatic hydroxyl groups excluding tert-OH is 3. The maximum atomic E-state index is 10.3. The van der Waals surface area contributed by atoms with Crippen molar-refractivity contribution in [2.45, 2.75) is 38.0 Å². The number of aliphatic hydroxyl groups is 3. The molecule has 27 heavy (non-hydrogen) atoms. The van der Waals surface area contributed by atoms with Crippen LogP contribution in [-0.4, -0.2) is 59.8 Å². The quantitative estimate of drug-likeness (QED) is 0.507. The van der Waals surface area contributed by atoms with Crippen LogP contribution in [-0.2, 0) is 11.3 Å². The van der Waals surface area contributed by atoms with Gasteiger partial charge in [0.1, 0.15) is 24.1 Å². The van der Waals surface area contributed by atoms with E-state index >= 15 is 0 Å². The SMILES string of the molecule is Cc1nc(NCc2ccccc2)c2ncn([C@@H]3OC(CO)[C@@H](O)[C@H]3O)c2n1. The van der Waals surface area contributed by atoms with Gasteiger partial charge < -0.3 is 25.4 Å². The van der Waals surface area contributed by atoms with Gasteiger partial charge in [-0.3, -0.25) is 4.57 Å². The van der Waals surface area contributed by atoms with Crippen LogP contribution in [0.4, 0.5) is 5.82 Å². The Balaban J connectivity index is 1.66. The largest absolute Gasteiger partial charge is 0.394 e. The molecular weight excluding hydrogens is 350 g/mol. The molecule has 9 nitrogen and oxygen atoms in total. The predicted octanol–water partition coefficient (Wildman–Crippen LogP) is 0.358. The highest BCUT2D eigenvalue weighted by atomic mass is 16.6. The van der Waals surface area contributed by atoms with Gasteiger partial charge in [-0.25, -0.2) is 15.0 Å². The van der Waals surface area contributed by atoms with E-state index in [9.17, 15) is 15.3 Å². The Kier molecular flexibility index (Phi) is 4.75. The van der Waals surface area contributed by atoms with Crippen LogP contribution < -0.4 is 5.32 Å². The molecule has 0 saturated carbocycles. The normalized spacial score (nSPS) is 25.2. The summed E-state index contributed by atoms with van der Waals surface area (Å²) in [6, 6.07) is 9.91. The molecule has 3 heterocycles. The van der Waals surface area contributed by atoms with Crippen LogP contribution in [0.3, 0.4) is 0 Å². The van der Waals surface area contributed by atoms with Crippen LogP contribution in [0.2, 0.25) is 0 Å². The second-order valence-electron chi connectivity index (χ2n) is 6.51. The first-order valence-corrected chi connectivity index (χ1v) is 8.70. The summed E-state index contributed by atoms with van der Waals surface area (Å²) in [4.78, 5) is 13.2. The van der Waals surface area contributed by atoms with Gasteiger partial charge in [-0.1, -0.05) is 30.3 Å². The number of imidazole rings is 1. The number of aryl methyl sites for hydroxylation is 1. The molecule has 4 N–H and O–H groups in total. The highest BCUT2D eigenvalue weighted by Crippen LogP contribution is 2.32. The Bertz CT molecular complexity index is 932. The lowest BCUT2D eigenvalue weighted by molar-refractivity contribution is -0.0511. The van der Waals surface area contributed by atoms with E-state index in [1.54, 1.807) is 11.5 Å². The third kappa shape index (κ3) is 3.26. The molecule has 0 amide bonds. The zero-order valence-electron chi connectivity index (χ0n) is 14.7. The number of nitrogens with one attached hydrogen (secondary N) is 1. The molecule has 1 aromatic carbocycles. The van der Waals surface area contributed by atoms with Gasteiger partial charge in [0.25, 0.3) is 0 Å². The van der Waals surface area contributed by atoms with E-state index in [0.29, 0.717) is 29.4 Å². The van der Waals surface area contributed by atoms with Crippen molar-refractivity contribution in [2.75, 3.05) is 11.9 Å². The molecule has 4 rings (SSSR count). The van der Waals surface area contributed by atoms with Crippen molar-refractivity contribution in [2.24, 2.45) is 0 Å². The summed E-state index contributed by atoms with van der Waals surface area (Å²) < 4.78 is 7.15. The van der Waals surface area contributed by atoms with Crippen LogP contribution >= 0.6 is 0 Å². The zero-order chi connectivity index (χ0) is 19.0. The molecule has 0 aliphatic carbocycles. The number of ether oxygens (including phenoxy) is 1. The Hall–Kier alpha value is -2.59. The van der Waals surface area contributed by atoms with E-state index in [1.807, 2.05) is 30.3 Å². The van der Waals surface area contributed by atoms with Crippen molar-refractivity contribution in [3.63, 3.8) is 0 Å². The third-order valence-corrected chi connectivity index (χ3v) is 4.63. The average Bonchev–Trinajstić information content (AvgIpc) is 3.22. The van der Waals surface area contributed by atoms with Crippen LogP contribution in [0.25, 0.3) is 11.2 Å². The molecule has 142 valence electrons. The van der Waals surface area contributed by atoms with E-state index in [4.69, 9.17) is 4.74 Å². The standard InChI is InChI=1S/C18H21N5O4/c1-10-21-16(19-7-11-5-3-2-4-6-11)13-17(22-10)23(9-20-13)18-15(26)14(25)12(8-24)27-18/h2-6,9,12,14-15,18,24-26H,7-8H2,1H3,(H,19,21,22)/t12?,14-,15-,18-/m1/s1. The molecule has 0 bridgehead atoms. The van der Waals surface area contributed by atoms with Crippen molar-refractivity contribution in [3.8, 4) is 0 Å². The predicted molar refractivity (Wildman–Crippen MR) is 96.8 cm³/mol. The molecule has 4 atom stereocenters. The van der Waals surface area contributed by atoms with Gasteiger partial charge in [-0.2, -0.15) is 0 Å². The zero-order valence-corrected chi connectivity index (χ0v) is 14.7. The number of fused-ring (bicyclic) bond motifs is 1. The summed E-state index contributed by atoms with van der Waals surface area (Å²) in [7, 11) is 0. The molecule has 0 spiro atoms. The van der Waals surface area contributed by atoms with Crippen molar-refractivity contribution < 1.29 is 20.1 Å². The number of hydrogen-bond donors (Lipinski definition) is 4. The highest BCUT2D eigenvalue weighted by molar-refractivity contribution is 5.83. The van der Waals surface area contributed by atoms with Crippen LogP contribution in [0.15, 0.2) is 36.7 Å². The number of benzene rings is 1. The second kappa shape index (κ2) is 7.20. The fraction of sp³-hybridized carbons (Fsp3) is 0.389. The molecular formula is C18H21N5O4. The van der Waals surface area contributed by atoms with Gasteiger partial charge in [0.2, 0.25) is 0 Å². The summed E-state index contributed by atoms with van der Waals surface area (Å²) >= 11 is 0. The molecule has 2 aromatic heterocycles. The maximum absolute atomic E-state index is 10.3. The summed E-state index contributed by atoms with van der Waals surface area (Å²) in [6.07, 6.45) is -2.64. The fourth-order valence-corrected chi connectivity index (χ4v) is 3.23. The Labute approximate surface area is 155 Å². The van der Waals surface area contributed by atoms with Crippen molar-refractivity contribution in [1.29, 1.82) is 0 Å². The number of nitrogens with zero attached hydrogens (tertiary/aromatic N) is 4. The van der Waals surface area contributed by atoms with Crippen LogP contribution in [0, 0.1) is 6.92 Å². The lowest BCUT2D eigenvalue weighted by atomic mass is 10.1. The first-order valence-electron chi connectivity index (χ1n) is 8.70. The Morgan fingerprint density at radius 3 is 2.63 bits per heavy atom. The minimum absolute atomic E-state index is 0.390. The first kappa shape index (κ1) is 17.8. The Morgan fingerprint density at radius 2 is 1.93 bits per heavy atom. The smallest absolute Gasteiger partial charge is 0.167 e. The molecule has 1 aliphatic rings. The maximum Gasteiger partial charge on any atom is 0.167 e. The van der Waals surface area contributed by atoms with Crippen molar-refractivity contribution in [1.82, 2.24) is 19.5 Å². The van der Waals surface area contributed by atoms with Crippen molar-refractivity contribution >= 4 is 17.0 Å². The van der Waals surface area contributed by atoms with E-state index in [2.05, 4.69) is 20.3 Å². The molecule has 0 radical (unpaired) electrons. The molecule has 1 unspecified atom stereocenters. The lowest BCUT2D eigenvalue weighted by Crippen LogP contribution is -2.33. The third-order valence-electron chi connectivity index (χ3n) is 4.63. The summed E-state index contributed by atoms with van der Waals surface area (Å²) in [5.41, 5.74) is 2.12. The number of hydrogen-bond acceptors (Lipinski definition) is 8. The van der Waals surface area contributed by atoms with Crippen molar-refractivity contribution in [3.05, 3.63) is 48.0 Å². The van der Waals surface area contributed by atoms with Gasteiger partial charge >= 0.3 is 0 Å². The minimum Gasteiger partial charge on any atom is -0.394 e. The summed E-state index contributed by atoms with van der Waals surface area (Å²) in [6.45, 7) is 1.95. The number of rotatable bonds is 5. The van der Waals surface area contributed by atoms with Gasteiger partial charge in [-0.05, 0) is 12.5 Å². The van der Waals surface area contributed by atoms with Crippen LogP contribution in [0.1, 0.15) is 17.6 Å². The number of aromatic nitrogens is 4. The van der Waals surface area contributed by atoms with E-state index in [-0.39, 0.29) is 6.61 Å². The number of anilines is 1. The average molecular weight is 371 g/mol. The second-order valence-corrected chi connectivity index (χ2v) is 6.51. The van der Waals surface area contributed by atoms with Gasteiger partial charge in [-0.15, -0.1) is 0 Å². The minimum atomic E-state index is -1.20. The fourth-order valence-electron chi connectivity index (χ4n) is 3.23. The highest BCUT2D eigenvalue weighted by Gasteiger charge is 2.44. The topological polar surface area (TPSA) is 126 Å². The summed E-state index contributed by atoms with van der Waals surface area (Å²) in [5.74, 6) is 1.11. The molecule has 1 fully saturated rings. The Morgan fingerprint density at radius 1 is 1.15 bits per heavy atom. The summed E-state index contributed by atoms with van der Waals surface area (Å²) in [5, 5.41) is 32.9. The first-order chi connectivity index (χ1) is 13.1. The van der Waals surface area contributed by atoms with Crippen LogP contribution in [0.5, 0.6) is 0 Å².